The minimum Gasteiger partial charge on any atom is -0.497 e. The van der Waals surface area contributed by atoms with E-state index in [1.54, 1.807) is 14.2 Å². The maximum absolute atomic E-state index is 11.7. The zero-order chi connectivity index (χ0) is 14.3. The molecule has 1 aromatic carbocycles. The number of rotatable bonds is 7. The average Bonchev–Trinajstić information content (AvgIpc) is 2.44. The van der Waals surface area contributed by atoms with E-state index >= 15 is 0 Å². The number of benzene rings is 1. The molecular weight excluding hydrogens is 244 g/mol. The lowest BCUT2D eigenvalue weighted by Crippen LogP contribution is -2.26. The molecule has 0 heterocycles. The smallest absolute Gasteiger partial charge is 0.220 e. The summed E-state index contributed by atoms with van der Waals surface area (Å²) >= 11 is 0. The second-order valence-corrected chi connectivity index (χ2v) is 4.50. The van der Waals surface area contributed by atoms with Gasteiger partial charge in [0.15, 0.2) is 0 Å². The van der Waals surface area contributed by atoms with Crippen LogP contribution < -0.4 is 20.5 Å². The summed E-state index contributed by atoms with van der Waals surface area (Å²) in [5, 5.41) is 2.86. The molecule has 3 N–H and O–H groups in total. The summed E-state index contributed by atoms with van der Waals surface area (Å²) in [4.78, 5) is 11.7. The van der Waals surface area contributed by atoms with Gasteiger partial charge in [0.1, 0.15) is 11.5 Å². The Morgan fingerprint density at radius 2 is 2.11 bits per heavy atom. The molecule has 5 heteroatoms. The highest BCUT2D eigenvalue weighted by atomic mass is 16.5. The minimum atomic E-state index is -0.0113. The molecule has 1 atom stereocenters. The van der Waals surface area contributed by atoms with E-state index in [1.165, 1.54) is 0 Å². The highest BCUT2D eigenvalue weighted by Gasteiger charge is 2.09. The standard InChI is InChI=1S/C14H22N2O3/c1-10(8-15)6-14(17)16-9-11-7-12(18-2)4-5-13(11)19-3/h4-5,7,10H,6,8-9,15H2,1-3H3,(H,16,17). The lowest BCUT2D eigenvalue weighted by molar-refractivity contribution is -0.122. The van der Waals surface area contributed by atoms with Crippen LogP contribution in [0.4, 0.5) is 0 Å². The second kappa shape index (κ2) is 7.63. The summed E-state index contributed by atoms with van der Waals surface area (Å²) in [5.41, 5.74) is 6.38. The van der Waals surface area contributed by atoms with Gasteiger partial charge in [0.2, 0.25) is 5.91 Å². The van der Waals surface area contributed by atoms with E-state index in [9.17, 15) is 4.79 Å². The van der Waals surface area contributed by atoms with Gasteiger partial charge in [-0.25, -0.2) is 0 Å². The van der Waals surface area contributed by atoms with Crippen molar-refractivity contribution in [3.8, 4) is 11.5 Å². The molecule has 0 saturated heterocycles. The molecule has 1 rings (SSSR count). The number of amides is 1. The van der Waals surface area contributed by atoms with Gasteiger partial charge in [-0.05, 0) is 30.7 Å². The van der Waals surface area contributed by atoms with Crippen molar-refractivity contribution in [2.75, 3.05) is 20.8 Å². The van der Waals surface area contributed by atoms with Gasteiger partial charge >= 0.3 is 0 Å². The van der Waals surface area contributed by atoms with Crippen molar-refractivity contribution in [3.63, 3.8) is 0 Å². The summed E-state index contributed by atoms with van der Waals surface area (Å²) in [5.74, 6) is 1.64. The summed E-state index contributed by atoms with van der Waals surface area (Å²) in [6, 6.07) is 5.49. The highest BCUT2D eigenvalue weighted by Crippen LogP contribution is 2.23. The zero-order valence-corrected chi connectivity index (χ0v) is 11.7. The first-order valence-electron chi connectivity index (χ1n) is 6.28. The van der Waals surface area contributed by atoms with Crippen molar-refractivity contribution in [3.05, 3.63) is 23.8 Å². The normalized spacial score (nSPS) is 11.8. The van der Waals surface area contributed by atoms with Crippen LogP contribution in [0.1, 0.15) is 18.9 Å². The highest BCUT2D eigenvalue weighted by molar-refractivity contribution is 5.76. The van der Waals surface area contributed by atoms with E-state index < -0.39 is 0 Å². The molecule has 5 nitrogen and oxygen atoms in total. The first-order chi connectivity index (χ1) is 9.10. The molecule has 0 radical (unpaired) electrons. The molecule has 106 valence electrons. The number of ether oxygens (including phenoxy) is 2. The molecule has 0 fully saturated rings. The molecule has 0 saturated carbocycles. The van der Waals surface area contributed by atoms with Gasteiger partial charge in [0.25, 0.3) is 0 Å². The average molecular weight is 266 g/mol. The summed E-state index contributed by atoms with van der Waals surface area (Å²) in [6.07, 6.45) is 0.433. The molecule has 0 aliphatic carbocycles. The molecular formula is C14H22N2O3. The Morgan fingerprint density at radius 1 is 1.37 bits per heavy atom. The van der Waals surface area contributed by atoms with Crippen LogP contribution in [0.15, 0.2) is 18.2 Å². The quantitative estimate of drug-likeness (QED) is 0.780. The zero-order valence-electron chi connectivity index (χ0n) is 11.7. The number of methoxy groups -OCH3 is 2. The Balaban J connectivity index is 2.63. The Kier molecular flexibility index (Phi) is 6.15. The van der Waals surface area contributed by atoms with Gasteiger partial charge in [-0.2, -0.15) is 0 Å². The van der Waals surface area contributed by atoms with Gasteiger partial charge in [-0.3, -0.25) is 4.79 Å². The Bertz CT molecular complexity index is 421. The fraction of sp³-hybridized carbons (Fsp3) is 0.500. The summed E-state index contributed by atoms with van der Waals surface area (Å²) < 4.78 is 10.4. The van der Waals surface area contributed by atoms with Crippen LogP contribution in [-0.2, 0) is 11.3 Å². The first-order valence-corrected chi connectivity index (χ1v) is 6.28. The Morgan fingerprint density at radius 3 is 2.68 bits per heavy atom. The number of carbonyl (C=O) groups is 1. The molecule has 1 aromatic rings. The van der Waals surface area contributed by atoms with Crippen LogP contribution in [-0.4, -0.2) is 26.7 Å². The minimum absolute atomic E-state index is 0.0113. The third-order valence-electron chi connectivity index (χ3n) is 2.90. The van der Waals surface area contributed by atoms with E-state index in [1.807, 2.05) is 25.1 Å². The van der Waals surface area contributed by atoms with Crippen LogP contribution in [0.25, 0.3) is 0 Å². The molecule has 19 heavy (non-hydrogen) atoms. The summed E-state index contributed by atoms with van der Waals surface area (Å²) in [6.45, 7) is 2.87. The van der Waals surface area contributed by atoms with Crippen molar-refractivity contribution < 1.29 is 14.3 Å². The van der Waals surface area contributed by atoms with Crippen molar-refractivity contribution in [2.24, 2.45) is 11.7 Å². The Labute approximate surface area is 114 Å². The SMILES string of the molecule is COc1ccc(OC)c(CNC(=O)CC(C)CN)c1. The number of carbonyl (C=O) groups excluding carboxylic acids is 1. The topological polar surface area (TPSA) is 73.6 Å². The lowest BCUT2D eigenvalue weighted by atomic mass is 10.1. The van der Waals surface area contributed by atoms with Gasteiger partial charge < -0.3 is 20.5 Å². The fourth-order valence-electron chi connectivity index (χ4n) is 1.69. The third-order valence-corrected chi connectivity index (χ3v) is 2.90. The van der Waals surface area contributed by atoms with Crippen molar-refractivity contribution in [2.45, 2.75) is 19.9 Å². The predicted octanol–water partition coefficient (Wildman–Crippen LogP) is 1.30. The Hall–Kier alpha value is -1.75. The van der Waals surface area contributed by atoms with E-state index in [-0.39, 0.29) is 11.8 Å². The van der Waals surface area contributed by atoms with Crippen molar-refractivity contribution in [1.29, 1.82) is 0 Å². The van der Waals surface area contributed by atoms with Crippen molar-refractivity contribution in [1.82, 2.24) is 5.32 Å². The largest absolute Gasteiger partial charge is 0.497 e. The van der Waals surface area contributed by atoms with E-state index in [2.05, 4.69) is 5.32 Å². The van der Waals surface area contributed by atoms with E-state index in [4.69, 9.17) is 15.2 Å². The molecule has 0 aromatic heterocycles. The number of nitrogens with one attached hydrogen (secondary N) is 1. The van der Waals surface area contributed by atoms with Crippen LogP contribution in [0.2, 0.25) is 0 Å². The predicted molar refractivity (Wildman–Crippen MR) is 74.2 cm³/mol. The maximum atomic E-state index is 11.7. The molecule has 0 aliphatic rings. The molecule has 1 amide bonds. The van der Waals surface area contributed by atoms with Gasteiger partial charge in [0.05, 0.1) is 14.2 Å². The third kappa shape index (κ3) is 4.79. The molecule has 0 aliphatic heterocycles. The fourth-order valence-corrected chi connectivity index (χ4v) is 1.69. The summed E-state index contributed by atoms with van der Waals surface area (Å²) in [7, 11) is 3.21. The van der Waals surface area contributed by atoms with Crippen LogP contribution in [0, 0.1) is 5.92 Å². The number of hydrogen-bond acceptors (Lipinski definition) is 4. The monoisotopic (exact) mass is 266 g/mol. The van der Waals surface area contributed by atoms with Crippen molar-refractivity contribution >= 4 is 5.91 Å². The molecule has 0 spiro atoms. The molecule has 1 unspecified atom stereocenters. The maximum Gasteiger partial charge on any atom is 0.220 e. The number of nitrogens with two attached hydrogens (primary N) is 1. The van der Waals surface area contributed by atoms with Gasteiger partial charge in [0, 0.05) is 18.5 Å². The van der Waals surface area contributed by atoms with E-state index in [0.29, 0.717) is 19.5 Å². The first kappa shape index (κ1) is 15.3. The second-order valence-electron chi connectivity index (χ2n) is 4.50. The van der Waals surface area contributed by atoms with Gasteiger partial charge in [-0.15, -0.1) is 0 Å². The van der Waals surface area contributed by atoms with Crippen LogP contribution in [0.5, 0.6) is 11.5 Å². The number of hydrogen-bond donors (Lipinski definition) is 2. The lowest BCUT2D eigenvalue weighted by Gasteiger charge is -2.12. The van der Waals surface area contributed by atoms with Gasteiger partial charge in [-0.1, -0.05) is 6.92 Å². The van der Waals surface area contributed by atoms with E-state index in [0.717, 1.165) is 17.1 Å². The molecule has 0 bridgehead atoms. The van der Waals surface area contributed by atoms with Crippen LogP contribution in [0.3, 0.4) is 0 Å². The van der Waals surface area contributed by atoms with Crippen LogP contribution >= 0.6 is 0 Å².